The van der Waals surface area contributed by atoms with E-state index in [2.05, 4.69) is 33.8 Å². The number of hydrogen-bond acceptors (Lipinski definition) is 3. The van der Waals surface area contributed by atoms with Crippen molar-refractivity contribution in [3.05, 3.63) is 35.4 Å². The molecular formula is C17H22N2O. The molecule has 0 amide bonds. The smallest absolute Gasteiger partial charge is 0.104 e. The molecule has 0 aliphatic carbocycles. The predicted octanol–water partition coefficient (Wildman–Crippen LogP) is 1.31. The summed E-state index contributed by atoms with van der Waals surface area (Å²) in [6.07, 6.45) is 2.71. The Morgan fingerprint density at radius 3 is 3.00 bits per heavy atom. The molecule has 1 aromatic rings. The highest BCUT2D eigenvalue weighted by Gasteiger charge is 2.30. The lowest BCUT2D eigenvalue weighted by atomic mass is 10.1. The summed E-state index contributed by atoms with van der Waals surface area (Å²) in [6, 6.07) is 9.05. The van der Waals surface area contributed by atoms with Gasteiger partial charge in [0.1, 0.15) is 6.61 Å². The second-order valence-corrected chi connectivity index (χ2v) is 5.68. The van der Waals surface area contributed by atoms with E-state index in [4.69, 9.17) is 5.11 Å². The van der Waals surface area contributed by atoms with Gasteiger partial charge in [0.25, 0.3) is 0 Å². The number of benzene rings is 1. The SMILES string of the molecule is OCC#Cc1ccccc1CN1CCN2CCCC2C1. The van der Waals surface area contributed by atoms with E-state index in [1.165, 1.54) is 38.0 Å². The molecule has 1 aromatic carbocycles. The van der Waals surface area contributed by atoms with Crippen molar-refractivity contribution in [2.24, 2.45) is 0 Å². The molecule has 3 rings (SSSR count). The molecule has 0 spiro atoms. The summed E-state index contributed by atoms with van der Waals surface area (Å²) in [4.78, 5) is 5.18. The zero-order valence-corrected chi connectivity index (χ0v) is 11.9. The van der Waals surface area contributed by atoms with Gasteiger partial charge in [0.2, 0.25) is 0 Å². The van der Waals surface area contributed by atoms with E-state index >= 15 is 0 Å². The second kappa shape index (κ2) is 6.41. The number of rotatable bonds is 2. The van der Waals surface area contributed by atoms with Gasteiger partial charge >= 0.3 is 0 Å². The van der Waals surface area contributed by atoms with Crippen molar-refractivity contribution in [3.63, 3.8) is 0 Å². The second-order valence-electron chi connectivity index (χ2n) is 5.68. The van der Waals surface area contributed by atoms with Gasteiger partial charge in [0.05, 0.1) is 0 Å². The Labute approximate surface area is 121 Å². The minimum atomic E-state index is -0.0743. The largest absolute Gasteiger partial charge is 0.384 e. The molecule has 1 atom stereocenters. The average molecular weight is 270 g/mol. The minimum Gasteiger partial charge on any atom is -0.384 e. The van der Waals surface area contributed by atoms with Crippen LogP contribution in [0.4, 0.5) is 0 Å². The van der Waals surface area contributed by atoms with E-state index in [1.807, 2.05) is 12.1 Å². The van der Waals surface area contributed by atoms with Crippen LogP contribution in [0, 0.1) is 11.8 Å². The molecule has 2 aliphatic heterocycles. The molecule has 1 N–H and O–H groups in total. The molecule has 106 valence electrons. The van der Waals surface area contributed by atoms with Crippen molar-refractivity contribution in [1.29, 1.82) is 0 Å². The van der Waals surface area contributed by atoms with E-state index in [1.54, 1.807) is 0 Å². The molecule has 3 heteroatoms. The van der Waals surface area contributed by atoms with E-state index in [0.29, 0.717) is 0 Å². The summed E-state index contributed by atoms with van der Waals surface area (Å²) < 4.78 is 0. The summed E-state index contributed by atoms with van der Waals surface area (Å²) >= 11 is 0. The van der Waals surface area contributed by atoms with Crippen molar-refractivity contribution < 1.29 is 5.11 Å². The molecule has 0 radical (unpaired) electrons. The van der Waals surface area contributed by atoms with Gasteiger partial charge in [-0.1, -0.05) is 30.0 Å². The maximum absolute atomic E-state index is 8.85. The van der Waals surface area contributed by atoms with Crippen LogP contribution in [0.3, 0.4) is 0 Å². The third-order valence-electron chi connectivity index (χ3n) is 4.38. The van der Waals surface area contributed by atoms with Crippen molar-refractivity contribution in [2.45, 2.75) is 25.4 Å². The van der Waals surface area contributed by atoms with Gasteiger partial charge in [-0.05, 0) is 31.0 Å². The number of hydrogen-bond donors (Lipinski definition) is 1. The molecule has 0 saturated carbocycles. The summed E-state index contributed by atoms with van der Waals surface area (Å²) in [6.45, 7) is 5.72. The van der Waals surface area contributed by atoms with Crippen LogP contribution < -0.4 is 0 Å². The van der Waals surface area contributed by atoms with Crippen LogP contribution in [0.5, 0.6) is 0 Å². The van der Waals surface area contributed by atoms with Crippen LogP contribution >= 0.6 is 0 Å². The van der Waals surface area contributed by atoms with Crippen LogP contribution in [-0.2, 0) is 6.54 Å². The van der Waals surface area contributed by atoms with Crippen molar-refractivity contribution in [1.82, 2.24) is 9.80 Å². The average Bonchev–Trinajstić information content (AvgIpc) is 2.94. The normalized spacial score (nSPS) is 23.1. The number of piperazine rings is 1. The van der Waals surface area contributed by atoms with Gasteiger partial charge in [0, 0.05) is 37.8 Å². The fourth-order valence-corrected chi connectivity index (χ4v) is 3.35. The first-order chi connectivity index (χ1) is 9.86. The van der Waals surface area contributed by atoms with Crippen molar-refractivity contribution >= 4 is 0 Å². The highest BCUT2D eigenvalue weighted by atomic mass is 16.2. The molecular weight excluding hydrogens is 248 g/mol. The molecule has 20 heavy (non-hydrogen) atoms. The maximum atomic E-state index is 8.85. The van der Waals surface area contributed by atoms with Gasteiger partial charge in [-0.15, -0.1) is 0 Å². The Hall–Kier alpha value is -1.34. The van der Waals surface area contributed by atoms with Gasteiger partial charge in [-0.25, -0.2) is 0 Å². The molecule has 0 bridgehead atoms. The molecule has 1 unspecified atom stereocenters. The lowest BCUT2D eigenvalue weighted by Gasteiger charge is -2.37. The third-order valence-corrected chi connectivity index (χ3v) is 4.38. The lowest BCUT2D eigenvalue weighted by Crippen LogP contribution is -2.49. The lowest BCUT2D eigenvalue weighted by molar-refractivity contribution is 0.0993. The van der Waals surface area contributed by atoms with E-state index in [9.17, 15) is 0 Å². The fraction of sp³-hybridized carbons (Fsp3) is 0.529. The molecule has 3 nitrogen and oxygen atoms in total. The van der Waals surface area contributed by atoms with Crippen LogP contribution in [0.25, 0.3) is 0 Å². The van der Waals surface area contributed by atoms with Crippen LogP contribution in [-0.4, -0.2) is 53.7 Å². The molecule has 0 aromatic heterocycles. The number of aliphatic hydroxyl groups excluding tert-OH is 1. The Morgan fingerprint density at radius 1 is 1.20 bits per heavy atom. The molecule has 2 fully saturated rings. The monoisotopic (exact) mass is 270 g/mol. The Balaban J connectivity index is 1.68. The first-order valence-electron chi connectivity index (χ1n) is 7.51. The summed E-state index contributed by atoms with van der Waals surface area (Å²) in [7, 11) is 0. The quantitative estimate of drug-likeness (QED) is 0.821. The Kier molecular flexibility index (Phi) is 4.37. The number of nitrogens with zero attached hydrogens (tertiary/aromatic N) is 2. The zero-order chi connectivity index (χ0) is 13.8. The van der Waals surface area contributed by atoms with Gasteiger partial charge in [0.15, 0.2) is 0 Å². The standard InChI is InChI=1S/C17H22N2O/c20-12-4-7-15-5-1-2-6-16(15)13-18-10-11-19-9-3-8-17(19)14-18/h1-2,5-6,17,20H,3,8-14H2. The molecule has 2 heterocycles. The van der Waals surface area contributed by atoms with E-state index in [0.717, 1.165) is 24.7 Å². The minimum absolute atomic E-state index is 0.0743. The Bertz CT molecular complexity index is 517. The van der Waals surface area contributed by atoms with E-state index < -0.39 is 0 Å². The van der Waals surface area contributed by atoms with E-state index in [-0.39, 0.29) is 6.61 Å². The maximum Gasteiger partial charge on any atom is 0.104 e. The molecule has 2 saturated heterocycles. The van der Waals surface area contributed by atoms with Crippen LogP contribution in [0.1, 0.15) is 24.0 Å². The summed E-state index contributed by atoms with van der Waals surface area (Å²) in [5.74, 6) is 5.82. The fourth-order valence-electron chi connectivity index (χ4n) is 3.35. The Morgan fingerprint density at radius 2 is 2.10 bits per heavy atom. The van der Waals surface area contributed by atoms with Gasteiger partial charge in [-0.3, -0.25) is 9.80 Å². The summed E-state index contributed by atoms with van der Waals surface area (Å²) in [5.41, 5.74) is 2.33. The number of aliphatic hydroxyl groups is 1. The summed E-state index contributed by atoms with van der Waals surface area (Å²) in [5, 5.41) is 8.85. The van der Waals surface area contributed by atoms with Gasteiger partial charge in [-0.2, -0.15) is 0 Å². The first-order valence-corrected chi connectivity index (χ1v) is 7.51. The highest BCUT2D eigenvalue weighted by molar-refractivity contribution is 5.41. The first kappa shape index (κ1) is 13.6. The van der Waals surface area contributed by atoms with Crippen molar-refractivity contribution in [2.75, 3.05) is 32.8 Å². The molecule has 2 aliphatic rings. The third kappa shape index (κ3) is 3.04. The van der Waals surface area contributed by atoms with Crippen LogP contribution in [0.15, 0.2) is 24.3 Å². The highest BCUT2D eigenvalue weighted by Crippen LogP contribution is 2.23. The topological polar surface area (TPSA) is 26.7 Å². The predicted molar refractivity (Wildman–Crippen MR) is 80.3 cm³/mol. The van der Waals surface area contributed by atoms with Crippen LogP contribution in [0.2, 0.25) is 0 Å². The zero-order valence-electron chi connectivity index (χ0n) is 11.9. The van der Waals surface area contributed by atoms with Gasteiger partial charge < -0.3 is 5.11 Å². The van der Waals surface area contributed by atoms with Crippen molar-refractivity contribution in [3.8, 4) is 11.8 Å². The number of fused-ring (bicyclic) bond motifs is 1.